The maximum atomic E-state index is 11.0. The van der Waals surface area contributed by atoms with E-state index in [1.165, 1.54) is 18.7 Å². The maximum absolute atomic E-state index is 11.0. The number of phenolic OH excluding ortho intramolecular Hbond substituents is 1. The first kappa shape index (κ1) is 15.4. The molecule has 2 N–H and O–H groups in total. The van der Waals surface area contributed by atoms with Gasteiger partial charge < -0.3 is 9.84 Å². The first-order valence-electron chi connectivity index (χ1n) is 6.50. The molecule has 0 saturated carbocycles. The molecule has 7 heteroatoms. The molecule has 0 saturated heterocycles. The van der Waals surface area contributed by atoms with Gasteiger partial charge in [0.05, 0.1) is 18.4 Å². The number of H-pyrrole nitrogens is 1. The number of rotatable bonds is 6. The number of methoxy groups -OCH3 is 1. The number of aromatic amines is 1. The maximum Gasteiger partial charge on any atom is 0.209 e. The van der Waals surface area contributed by atoms with Crippen molar-refractivity contribution in [2.45, 2.75) is 25.4 Å². The van der Waals surface area contributed by atoms with Crippen LogP contribution in [0.4, 0.5) is 0 Å². The molecule has 0 aliphatic heterocycles. The fraction of sp³-hybridized carbons (Fsp3) is 0.357. The van der Waals surface area contributed by atoms with Gasteiger partial charge in [0.2, 0.25) is 5.16 Å². The van der Waals surface area contributed by atoms with E-state index in [-0.39, 0.29) is 11.5 Å². The van der Waals surface area contributed by atoms with Gasteiger partial charge in [0.15, 0.2) is 5.82 Å². The summed E-state index contributed by atoms with van der Waals surface area (Å²) in [5.41, 5.74) is 1.69. The molecule has 0 bridgehead atoms. The van der Waals surface area contributed by atoms with Crippen LogP contribution in [0.1, 0.15) is 19.4 Å². The van der Waals surface area contributed by atoms with Crippen LogP contribution in [-0.4, -0.2) is 38.9 Å². The zero-order valence-electron chi connectivity index (χ0n) is 12.1. The lowest BCUT2D eigenvalue weighted by Gasteiger charge is -2.11. The third-order valence-corrected chi connectivity index (χ3v) is 3.87. The molecule has 1 aromatic heterocycles. The number of hydrogen-bond donors (Lipinski definition) is 2. The van der Waals surface area contributed by atoms with Crippen molar-refractivity contribution in [2.24, 2.45) is 0 Å². The molecule has 0 aliphatic rings. The molecule has 0 amide bonds. The predicted molar refractivity (Wildman–Crippen MR) is 80.8 cm³/mol. The lowest BCUT2D eigenvalue weighted by molar-refractivity contribution is -0.114. The highest BCUT2D eigenvalue weighted by molar-refractivity contribution is 7.99. The largest absolute Gasteiger partial charge is 0.508 e. The quantitative estimate of drug-likeness (QED) is 0.797. The molecular formula is C14H17N3O3S. The number of aryl methyl sites for hydroxylation is 1. The van der Waals surface area contributed by atoms with Crippen molar-refractivity contribution in [3.8, 4) is 22.9 Å². The molecule has 0 spiro atoms. The number of phenols is 1. The third kappa shape index (κ3) is 3.55. The number of ether oxygens (including phenoxy) is 1. The molecule has 0 fully saturated rings. The number of aromatic nitrogens is 3. The molecule has 112 valence electrons. The second-order valence-corrected chi connectivity index (χ2v) is 5.44. The number of nitrogens with one attached hydrogen (secondary N) is 1. The lowest BCUT2D eigenvalue weighted by atomic mass is 10.0. The summed E-state index contributed by atoms with van der Waals surface area (Å²) < 4.78 is 5.32. The Labute approximate surface area is 126 Å². The average Bonchev–Trinajstić information content (AvgIpc) is 2.92. The summed E-state index contributed by atoms with van der Waals surface area (Å²) in [6.45, 7) is 3.51. The van der Waals surface area contributed by atoms with Gasteiger partial charge in [0.25, 0.3) is 0 Å². The van der Waals surface area contributed by atoms with E-state index in [1.807, 2.05) is 6.92 Å². The molecule has 0 aliphatic carbocycles. The minimum atomic E-state index is 0.0720. The molecule has 6 nitrogen and oxygen atoms in total. The fourth-order valence-corrected chi connectivity index (χ4v) is 2.55. The minimum Gasteiger partial charge on any atom is -0.508 e. The summed E-state index contributed by atoms with van der Waals surface area (Å²) >= 11 is 1.28. The standard InChI is InChI=1S/C14H17N3O3S/c1-4-9-5-10(19)6-11(20-3)12(9)13-15-14(17-16-13)21-7-8(2)18/h5-6,19H,4,7H2,1-3H3,(H,15,16,17). The number of benzene rings is 1. The zero-order valence-corrected chi connectivity index (χ0v) is 13.0. The van der Waals surface area contributed by atoms with E-state index in [2.05, 4.69) is 15.2 Å². The zero-order chi connectivity index (χ0) is 15.4. The van der Waals surface area contributed by atoms with Crippen LogP contribution in [0.2, 0.25) is 0 Å². The van der Waals surface area contributed by atoms with E-state index in [0.29, 0.717) is 22.5 Å². The number of ketones is 1. The highest BCUT2D eigenvalue weighted by Crippen LogP contribution is 2.35. The fourth-order valence-electron chi connectivity index (χ4n) is 1.95. The van der Waals surface area contributed by atoms with E-state index in [4.69, 9.17) is 4.74 Å². The number of thioether (sulfide) groups is 1. The normalized spacial score (nSPS) is 10.6. The molecule has 0 radical (unpaired) electrons. The van der Waals surface area contributed by atoms with E-state index in [0.717, 1.165) is 17.5 Å². The molecule has 2 rings (SSSR count). The summed E-state index contributed by atoms with van der Waals surface area (Å²) in [5, 5.41) is 17.2. The van der Waals surface area contributed by atoms with Crippen molar-refractivity contribution >= 4 is 17.5 Å². The van der Waals surface area contributed by atoms with Crippen molar-refractivity contribution < 1.29 is 14.6 Å². The van der Waals surface area contributed by atoms with Crippen molar-refractivity contribution in [2.75, 3.05) is 12.9 Å². The summed E-state index contributed by atoms with van der Waals surface area (Å²) in [5.74, 6) is 1.66. The summed E-state index contributed by atoms with van der Waals surface area (Å²) in [4.78, 5) is 15.4. The first-order valence-corrected chi connectivity index (χ1v) is 7.48. The molecular weight excluding hydrogens is 290 g/mol. The Kier molecular flexibility index (Phi) is 4.85. The number of Topliss-reactive ketones (excluding diaryl/α,β-unsaturated/α-hetero) is 1. The monoisotopic (exact) mass is 307 g/mol. The van der Waals surface area contributed by atoms with Crippen LogP contribution in [0.5, 0.6) is 11.5 Å². The molecule has 0 atom stereocenters. The van der Waals surface area contributed by atoms with Crippen molar-refractivity contribution in [3.05, 3.63) is 17.7 Å². The van der Waals surface area contributed by atoms with E-state index in [1.54, 1.807) is 19.2 Å². The summed E-state index contributed by atoms with van der Waals surface area (Å²) in [7, 11) is 1.54. The molecule has 0 unspecified atom stereocenters. The van der Waals surface area contributed by atoms with Gasteiger partial charge in [0.1, 0.15) is 17.3 Å². The second kappa shape index (κ2) is 6.62. The van der Waals surface area contributed by atoms with Gasteiger partial charge in [-0.3, -0.25) is 9.89 Å². The second-order valence-electron chi connectivity index (χ2n) is 4.49. The Morgan fingerprint density at radius 3 is 2.86 bits per heavy atom. The highest BCUT2D eigenvalue weighted by Gasteiger charge is 2.17. The van der Waals surface area contributed by atoms with Gasteiger partial charge in [-0.25, -0.2) is 4.98 Å². The van der Waals surface area contributed by atoms with E-state index >= 15 is 0 Å². The first-order chi connectivity index (χ1) is 10.0. The Balaban J connectivity index is 2.39. The van der Waals surface area contributed by atoms with Crippen LogP contribution in [0.15, 0.2) is 17.3 Å². The topological polar surface area (TPSA) is 88.1 Å². The Hall–Kier alpha value is -2.02. The van der Waals surface area contributed by atoms with Crippen LogP contribution >= 0.6 is 11.8 Å². The van der Waals surface area contributed by atoms with Gasteiger partial charge in [-0.15, -0.1) is 5.10 Å². The van der Waals surface area contributed by atoms with Crippen molar-refractivity contribution in [1.82, 2.24) is 15.2 Å². The van der Waals surface area contributed by atoms with Gasteiger partial charge in [-0.1, -0.05) is 18.7 Å². The Bertz CT molecular complexity index is 630. The van der Waals surface area contributed by atoms with Crippen LogP contribution in [0.3, 0.4) is 0 Å². The number of carbonyl (C=O) groups excluding carboxylic acids is 1. The van der Waals surface area contributed by atoms with Crippen LogP contribution in [-0.2, 0) is 11.2 Å². The number of carbonyl (C=O) groups is 1. The Morgan fingerprint density at radius 2 is 2.24 bits per heavy atom. The predicted octanol–water partition coefficient (Wildman–Crippen LogP) is 2.43. The van der Waals surface area contributed by atoms with Crippen LogP contribution in [0, 0.1) is 0 Å². The summed E-state index contributed by atoms with van der Waals surface area (Å²) in [6.07, 6.45) is 0.719. The van der Waals surface area contributed by atoms with Gasteiger partial charge in [-0.2, -0.15) is 0 Å². The lowest BCUT2D eigenvalue weighted by Crippen LogP contribution is -1.95. The SMILES string of the molecule is CCc1cc(O)cc(OC)c1-c1nc(SCC(C)=O)n[nH]1. The molecule has 21 heavy (non-hydrogen) atoms. The number of nitrogens with zero attached hydrogens (tertiary/aromatic N) is 2. The van der Waals surface area contributed by atoms with Gasteiger partial charge in [0, 0.05) is 6.07 Å². The highest BCUT2D eigenvalue weighted by atomic mass is 32.2. The van der Waals surface area contributed by atoms with Gasteiger partial charge in [-0.05, 0) is 25.0 Å². The molecule has 1 aromatic carbocycles. The van der Waals surface area contributed by atoms with Crippen molar-refractivity contribution in [1.29, 1.82) is 0 Å². The minimum absolute atomic E-state index is 0.0720. The van der Waals surface area contributed by atoms with E-state index in [9.17, 15) is 9.90 Å². The Morgan fingerprint density at radius 1 is 1.48 bits per heavy atom. The van der Waals surface area contributed by atoms with Gasteiger partial charge >= 0.3 is 0 Å². The smallest absolute Gasteiger partial charge is 0.209 e. The average molecular weight is 307 g/mol. The van der Waals surface area contributed by atoms with Crippen LogP contribution in [0.25, 0.3) is 11.4 Å². The van der Waals surface area contributed by atoms with Crippen LogP contribution < -0.4 is 4.74 Å². The van der Waals surface area contributed by atoms with Crippen molar-refractivity contribution in [3.63, 3.8) is 0 Å². The molecule has 2 aromatic rings. The third-order valence-electron chi connectivity index (χ3n) is 2.88. The summed E-state index contributed by atoms with van der Waals surface area (Å²) in [6, 6.07) is 3.22. The molecule has 1 heterocycles. The number of aromatic hydroxyl groups is 1. The van der Waals surface area contributed by atoms with E-state index < -0.39 is 0 Å². The number of hydrogen-bond acceptors (Lipinski definition) is 6.